The third-order valence-electron chi connectivity index (χ3n) is 3.92. The Morgan fingerprint density at radius 1 is 1.32 bits per heavy atom. The minimum atomic E-state index is -4.83. The average molecular weight is 314 g/mol. The number of carbonyl (C=O) groups excluding carboxylic acids is 2. The van der Waals surface area contributed by atoms with Crippen LogP contribution in [0.1, 0.15) is 19.8 Å². The van der Waals surface area contributed by atoms with Gasteiger partial charge >= 0.3 is 12.4 Å². The van der Waals surface area contributed by atoms with E-state index in [0.29, 0.717) is 0 Å². The topological polar surface area (TPSA) is 58.6 Å². The Kier molecular flexibility index (Phi) is 3.08. The first kappa shape index (κ1) is 14.7. The smallest absolute Gasteiger partial charge is 0.406 e. The molecule has 8 heteroatoms. The number of hydrogen-bond donors (Lipinski definition) is 1. The lowest BCUT2D eigenvalue weighted by atomic mass is 9.96. The van der Waals surface area contributed by atoms with Crippen molar-refractivity contribution in [2.45, 2.75) is 31.7 Å². The van der Waals surface area contributed by atoms with Crippen molar-refractivity contribution in [2.24, 2.45) is 5.92 Å². The van der Waals surface area contributed by atoms with Crippen molar-refractivity contribution in [3.05, 3.63) is 24.3 Å². The zero-order valence-corrected chi connectivity index (χ0v) is 11.6. The van der Waals surface area contributed by atoms with Crippen LogP contribution in [0.25, 0.3) is 0 Å². The molecule has 0 aromatic heterocycles. The summed E-state index contributed by atoms with van der Waals surface area (Å²) in [5.41, 5.74) is -0.938. The van der Waals surface area contributed by atoms with E-state index in [0.717, 1.165) is 29.9 Å². The summed E-state index contributed by atoms with van der Waals surface area (Å²) in [6.45, 7) is 1.64. The highest BCUT2D eigenvalue weighted by atomic mass is 19.4. The number of ether oxygens (including phenoxy) is 1. The number of nitrogens with zero attached hydrogens (tertiary/aromatic N) is 1. The van der Waals surface area contributed by atoms with Gasteiger partial charge in [-0.25, -0.2) is 9.69 Å². The summed E-state index contributed by atoms with van der Waals surface area (Å²) in [6.07, 6.45) is -3.15. The monoisotopic (exact) mass is 314 g/mol. The molecule has 1 aromatic rings. The number of hydrogen-bond acceptors (Lipinski definition) is 3. The van der Waals surface area contributed by atoms with Gasteiger partial charge in [-0.2, -0.15) is 0 Å². The van der Waals surface area contributed by atoms with Crippen LogP contribution >= 0.6 is 0 Å². The minimum absolute atomic E-state index is 0.0497. The average Bonchev–Trinajstić information content (AvgIpc) is 3.18. The Labute approximate surface area is 124 Å². The number of imide groups is 1. The molecule has 22 heavy (non-hydrogen) atoms. The standard InChI is InChI=1S/C14H13F3N2O3/c1-13(8-5-6-8)11(20)19(12(21)18-13)9-3-2-4-10(7-9)22-14(15,16)17/h2-4,7-8H,5-6H2,1H3,(H,18,21). The van der Waals surface area contributed by atoms with E-state index >= 15 is 0 Å². The molecule has 5 nitrogen and oxygen atoms in total. The van der Waals surface area contributed by atoms with Gasteiger partial charge in [0, 0.05) is 6.07 Å². The molecule has 0 spiro atoms. The van der Waals surface area contributed by atoms with E-state index in [2.05, 4.69) is 10.1 Å². The number of benzene rings is 1. The fourth-order valence-corrected chi connectivity index (χ4v) is 2.65. The highest BCUT2D eigenvalue weighted by Crippen LogP contribution is 2.43. The van der Waals surface area contributed by atoms with E-state index in [1.807, 2.05) is 0 Å². The second-order valence-corrected chi connectivity index (χ2v) is 5.59. The first-order chi connectivity index (χ1) is 10.2. The summed E-state index contributed by atoms with van der Waals surface area (Å²) in [7, 11) is 0. The van der Waals surface area contributed by atoms with Gasteiger partial charge in [0.05, 0.1) is 5.69 Å². The maximum Gasteiger partial charge on any atom is 0.573 e. The molecule has 1 N–H and O–H groups in total. The van der Waals surface area contributed by atoms with Crippen LogP contribution in [0.3, 0.4) is 0 Å². The zero-order chi connectivity index (χ0) is 16.1. The van der Waals surface area contributed by atoms with Crippen LogP contribution in [0.15, 0.2) is 24.3 Å². The molecule has 1 aromatic carbocycles. The SMILES string of the molecule is CC1(C2CC2)NC(=O)N(c2cccc(OC(F)(F)F)c2)C1=O. The molecule has 3 rings (SSSR count). The van der Waals surface area contributed by atoms with Crippen molar-refractivity contribution < 1.29 is 27.5 Å². The molecule has 1 heterocycles. The molecule has 1 saturated carbocycles. The van der Waals surface area contributed by atoms with Gasteiger partial charge in [0.2, 0.25) is 0 Å². The Bertz CT molecular complexity index is 642. The van der Waals surface area contributed by atoms with Crippen LogP contribution in [0.5, 0.6) is 5.75 Å². The van der Waals surface area contributed by atoms with Gasteiger partial charge in [-0.05, 0) is 37.8 Å². The maximum absolute atomic E-state index is 12.5. The predicted octanol–water partition coefficient (Wildman–Crippen LogP) is 2.81. The third-order valence-corrected chi connectivity index (χ3v) is 3.92. The molecule has 0 radical (unpaired) electrons. The zero-order valence-electron chi connectivity index (χ0n) is 11.6. The fourth-order valence-electron chi connectivity index (χ4n) is 2.65. The van der Waals surface area contributed by atoms with Gasteiger partial charge in [-0.15, -0.1) is 13.2 Å². The number of amides is 3. The Morgan fingerprint density at radius 3 is 2.59 bits per heavy atom. The first-order valence-electron chi connectivity index (χ1n) is 6.73. The van der Waals surface area contributed by atoms with Crippen LogP contribution in [0.4, 0.5) is 23.7 Å². The molecule has 1 atom stereocenters. The van der Waals surface area contributed by atoms with E-state index in [-0.39, 0.29) is 11.6 Å². The number of carbonyl (C=O) groups is 2. The maximum atomic E-state index is 12.5. The number of nitrogens with one attached hydrogen (secondary N) is 1. The molecule has 1 saturated heterocycles. The Balaban J connectivity index is 1.89. The van der Waals surface area contributed by atoms with Crippen LogP contribution in [0, 0.1) is 5.92 Å². The molecule has 2 aliphatic rings. The van der Waals surface area contributed by atoms with Crippen LogP contribution in [0.2, 0.25) is 0 Å². The van der Waals surface area contributed by atoms with E-state index in [1.165, 1.54) is 12.1 Å². The number of anilines is 1. The molecule has 1 aliphatic heterocycles. The molecule has 1 unspecified atom stereocenters. The minimum Gasteiger partial charge on any atom is -0.406 e. The number of rotatable bonds is 3. The normalized spacial score (nSPS) is 25.4. The number of urea groups is 1. The van der Waals surface area contributed by atoms with Crippen molar-refractivity contribution in [1.29, 1.82) is 0 Å². The highest BCUT2D eigenvalue weighted by molar-refractivity contribution is 6.23. The molecular formula is C14H13F3N2O3. The largest absolute Gasteiger partial charge is 0.573 e. The van der Waals surface area contributed by atoms with Crippen LogP contribution in [-0.2, 0) is 4.79 Å². The van der Waals surface area contributed by atoms with Gasteiger partial charge in [-0.3, -0.25) is 4.79 Å². The fraction of sp³-hybridized carbons (Fsp3) is 0.429. The summed E-state index contributed by atoms with van der Waals surface area (Å²) in [6, 6.07) is 4.17. The van der Waals surface area contributed by atoms with Gasteiger partial charge in [0.15, 0.2) is 0 Å². The van der Waals surface area contributed by atoms with Crippen molar-refractivity contribution in [2.75, 3.05) is 4.90 Å². The molecule has 118 valence electrons. The summed E-state index contributed by atoms with van der Waals surface area (Å²) >= 11 is 0. The summed E-state index contributed by atoms with van der Waals surface area (Å²) < 4.78 is 40.6. The van der Waals surface area contributed by atoms with Crippen molar-refractivity contribution >= 4 is 17.6 Å². The van der Waals surface area contributed by atoms with E-state index < -0.39 is 29.6 Å². The lowest BCUT2D eigenvalue weighted by molar-refractivity contribution is -0.274. The molecular weight excluding hydrogens is 301 g/mol. The number of alkyl halides is 3. The molecule has 1 aliphatic carbocycles. The van der Waals surface area contributed by atoms with Crippen LogP contribution < -0.4 is 15.0 Å². The Hall–Kier alpha value is -2.25. The third kappa shape index (κ3) is 2.49. The lowest BCUT2D eigenvalue weighted by Gasteiger charge is -2.21. The Morgan fingerprint density at radius 2 is 2.00 bits per heavy atom. The van der Waals surface area contributed by atoms with E-state index in [1.54, 1.807) is 6.92 Å². The van der Waals surface area contributed by atoms with E-state index in [4.69, 9.17) is 0 Å². The van der Waals surface area contributed by atoms with Crippen LogP contribution in [-0.4, -0.2) is 23.8 Å². The second-order valence-electron chi connectivity index (χ2n) is 5.59. The van der Waals surface area contributed by atoms with Crippen molar-refractivity contribution in [3.8, 4) is 5.75 Å². The highest BCUT2D eigenvalue weighted by Gasteiger charge is 2.56. The van der Waals surface area contributed by atoms with Gasteiger partial charge in [-0.1, -0.05) is 6.07 Å². The van der Waals surface area contributed by atoms with Crippen molar-refractivity contribution in [3.63, 3.8) is 0 Å². The first-order valence-corrected chi connectivity index (χ1v) is 6.73. The summed E-state index contributed by atoms with van der Waals surface area (Å²) in [4.78, 5) is 25.4. The number of halogens is 3. The molecule has 3 amide bonds. The van der Waals surface area contributed by atoms with E-state index in [9.17, 15) is 22.8 Å². The van der Waals surface area contributed by atoms with Gasteiger partial charge in [0.25, 0.3) is 5.91 Å². The summed E-state index contributed by atoms with van der Waals surface area (Å²) in [5.74, 6) is -0.863. The van der Waals surface area contributed by atoms with Gasteiger partial charge in [0.1, 0.15) is 11.3 Å². The van der Waals surface area contributed by atoms with Gasteiger partial charge < -0.3 is 10.1 Å². The molecule has 0 bridgehead atoms. The molecule has 2 fully saturated rings. The predicted molar refractivity (Wildman–Crippen MR) is 70.3 cm³/mol. The summed E-state index contributed by atoms with van der Waals surface area (Å²) in [5, 5.41) is 2.63. The van der Waals surface area contributed by atoms with Crippen molar-refractivity contribution in [1.82, 2.24) is 5.32 Å². The second kappa shape index (κ2) is 4.62. The lowest BCUT2D eigenvalue weighted by Crippen LogP contribution is -2.46. The quantitative estimate of drug-likeness (QED) is 0.873.